The monoisotopic (exact) mass is 379 g/mol. The lowest BCUT2D eigenvalue weighted by atomic mass is 10.2. The van der Waals surface area contributed by atoms with Gasteiger partial charge in [0.05, 0.1) is 17.9 Å². The largest absolute Gasteiger partial charge is 0.463 e. The van der Waals surface area contributed by atoms with Crippen molar-refractivity contribution in [1.82, 2.24) is 0 Å². The molecule has 21 heavy (non-hydrogen) atoms. The van der Waals surface area contributed by atoms with Crippen LogP contribution in [0.1, 0.15) is 17.1 Å². The summed E-state index contributed by atoms with van der Waals surface area (Å²) in [5.41, 5.74) is -0.302. The number of anilines is 1. The lowest BCUT2D eigenvalue weighted by molar-refractivity contribution is -0.138. The molecule has 0 saturated heterocycles. The Morgan fingerprint density at radius 1 is 1.19 bits per heavy atom. The van der Waals surface area contributed by atoms with E-state index < -0.39 is 11.7 Å². The predicted molar refractivity (Wildman–Crippen MR) is 82.4 cm³/mol. The topological polar surface area (TPSA) is 25.2 Å². The molecule has 2 rings (SSSR count). The molecule has 2 aromatic rings. The molecule has 0 spiro atoms. The third-order valence-electron chi connectivity index (χ3n) is 2.74. The fraction of sp³-hybridized carbons (Fsp3) is 0.286. The van der Waals surface area contributed by atoms with E-state index in [1.54, 1.807) is 17.8 Å². The van der Waals surface area contributed by atoms with E-state index in [4.69, 9.17) is 4.42 Å². The van der Waals surface area contributed by atoms with Gasteiger partial charge in [-0.15, -0.1) is 0 Å². The summed E-state index contributed by atoms with van der Waals surface area (Å²) >= 11 is 4.56. The van der Waals surface area contributed by atoms with Crippen LogP contribution >= 0.6 is 27.7 Å². The quantitative estimate of drug-likeness (QED) is 0.738. The van der Waals surface area contributed by atoms with Crippen molar-refractivity contribution in [2.24, 2.45) is 0 Å². The van der Waals surface area contributed by atoms with E-state index in [-0.39, 0.29) is 4.47 Å². The van der Waals surface area contributed by atoms with Crippen LogP contribution in [-0.4, -0.2) is 6.26 Å². The zero-order valence-electron chi connectivity index (χ0n) is 11.1. The van der Waals surface area contributed by atoms with Crippen LogP contribution in [0.4, 0.5) is 18.9 Å². The molecular formula is C14H13BrF3NOS. The smallest absolute Gasteiger partial charge is 0.417 e. The first-order valence-electron chi connectivity index (χ1n) is 6.07. The van der Waals surface area contributed by atoms with Crippen molar-refractivity contribution in [3.05, 3.63) is 51.9 Å². The van der Waals surface area contributed by atoms with Crippen molar-refractivity contribution in [3.63, 3.8) is 0 Å². The van der Waals surface area contributed by atoms with Gasteiger partial charge in [0.2, 0.25) is 0 Å². The predicted octanol–water partition coefficient (Wildman–Crippen LogP) is 5.54. The third kappa shape index (κ3) is 4.44. The van der Waals surface area contributed by atoms with E-state index in [0.717, 1.165) is 17.6 Å². The van der Waals surface area contributed by atoms with Gasteiger partial charge in [-0.3, -0.25) is 0 Å². The molecule has 0 aliphatic heterocycles. The van der Waals surface area contributed by atoms with Crippen LogP contribution in [0.3, 0.4) is 0 Å². The van der Waals surface area contributed by atoms with Gasteiger partial charge < -0.3 is 9.73 Å². The van der Waals surface area contributed by atoms with Gasteiger partial charge in [-0.25, -0.2) is 0 Å². The second-order valence-electron chi connectivity index (χ2n) is 4.35. The average Bonchev–Trinajstić information content (AvgIpc) is 2.85. The van der Waals surface area contributed by atoms with Gasteiger partial charge in [0.1, 0.15) is 11.5 Å². The summed E-state index contributed by atoms with van der Waals surface area (Å²) in [5.74, 6) is 2.32. The molecule has 2 nitrogen and oxygen atoms in total. The van der Waals surface area contributed by atoms with Gasteiger partial charge in [0.25, 0.3) is 0 Å². The standard InChI is InChI=1S/C14H13BrF3NOS/c1-21-8-11-4-3-10(20-11)7-19-9-2-5-13(15)12(6-9)14(16,17)18/h2-6,19H,7-8H2,1H3. The minimum atomic E-state index is -4.38. The molecule has 1 aromatic heterocycles. The molecule has 0 unspecified atom stereocenters. The average molecular weight is 380 g/mol. The molecule has 1 heterocycles. The Morgan fingerprint density at radius 3 is 2.57 bits per heavy atom. The Balaban J connectivity index is 2.06. The molecule has 0 amide bonds. The Morgan fingerprint density at radius 2 is 1.90 bits per heavy atom. The van der Waals surface area contributed by atoms with Crippen LogP contribution in [-0.2, 0) is 18.5 Å². The van der Waals surface area contributed by atoms with E-state index in [1.807, 2.05) is 18.4 Å². The van der Waals surface area contributed by atoms with E-state index >= 15 is 0 Å². The van der Waals surface area contributed by atoms with Crippen molar-refractivity contribution in [1.29, 1.82) is 0 Å². The van der Waals surface area contributed by atoms with Crippen LogP contribution in [0, 0.1) is 0 Å². The Kier molecular flexibility index (Phi) is 5.27. The highest BCUT2D eigenvalue weighted by atomic mass is 79.9. The van der Waals surface area contributed by atoms with E-state index in [1.165, 1.54) is 6.07 Å². The van der Waals surface area contributed by atoms with Gasteiger partial charge in [0, 0.05) is 10.2 Å². The summed E-state index contributed by atoms with van der Waals surface area (Å²) in [6, 6.07) is 7.74. The van der Waals surface area contributed by atoms with Gasteiger partial charge in [-0.2, -0.15) is 24.9 Å². The molecule has 0 aliphatic rings. The number of hydrogen-bond donors (Lipinski definition) is 1. The second-order valence-corrected chi connectivity index (χ2v) is 6.07. The summed E-state index contributed by atoms with van der Waals surface area (Å²) in [6.45, 7) is 0.341. The molecule has 114 valence electrons. The van der Waals surface area contributed by atoms with E-state index in [9.17, 15) is 13.2 Å². The molecule has 0 saturated carbocycles. The summed E-state index contributed by atoms with van der Waals surface area (Å²) < 4.78 is 44.0. The molecule has 0 aliphatic carbocycles. The SMILES string of the molecule is CSCc1ccc(CNc2ccc(Br)c(C(F)(F)F)c2)o1. The molecule has 0 atom stereocenters. The molecule has 7 heteroatoms. The molecule has 1 N–H and O–H groups in total. The minimum absolute atomic E-state index is 0.0285. The summed E-state index contributed by atoms with van der Waals surface area (Å²) in [7, 11) is 0. The number of rotatable bonds is 5. The van der Waals surface area contributed by atoms with Crippen molar-refractivity contribution >= 4 is 33.4 Å². The molecule has 0 bridgehead atoms. The second kappa shape index (κ2) is 6.79. The van der Waals surface area contributed by atoms with Crippen LogP contribution in [0.15, 0.2) is 39.2 Å². The maximum Gasteiger partial charge on any atom is 0.417 e. The number of benzene rings is 1. The van der Waals surface area contributed by atoms with Crippen molar-refractivity contribution in [3.8, 4) is 0 Å². The fourth-order valence-corrected chi connectivity index (χ4v) is 2.69. The van der Waals surface area contributed by atoms with Crippen molar-refractivity contribution < 1.29 is 17.6 Å². The van der Waals surface area contributed by atoms with Gasteiger partial charge in [0.15, 0.2) is 0 Å². The number of furan rings is 1. The highest BCUT2D eigenvalue weighted by molar-refractivity contribution is 9.10. The lowest BCUT2D eigenvalue weighted by Gasteiger charge is -2.12. The van der Waals surface area contributed by atoms with Crippen molar-refractivity contribution in [2.75, 3.05) is 11.6 Å². The lowest BCUT2D eigenvalue weighted by Crippen LogP contribution is -2.07. The summed E-state index contributed by atoms with van der Waals surface area (Å²) in [6.07, 6.45) is -2.41. The zero-order chi connectivity index (χ0) is 15.5. The molecule has 1 aromatic carbocycles. The van der Waals surface area contributed by atoms with E-state index in [2.05, 4.69) is 21.2 Å². The van der Waals surface area contributed by atoms with Crippen LogP contribution in [0.25, 0.3) is 0 Å². The van der Waals surface area contributed by atoms with Crippen LogP contribution in [0.2, 0.25) is 0 Å². The van der Waals surface area contributed by atoms with Gasteiger partial charge in [-0.05, 0) is 36.6 Å². The summed E-state index contributed by atoms with van der Waals surface area (Å²) in [4.78, 5) is 0. The van der Waals surface area contributed by atoms with Crippen LogP contribution < -0.4 is 5.32 Å². The Bertz CT molecular complexity index is 613. The molecular weight excluding hydrogens is 367 g/mol. The van der Waals surface area contributed by atoms with Crippen molar-refractivity contribution in [2.45, 2.75) is 18.5 Å². The molecule has 0 radical (unpaired) electrons. The first-order chi connectivity index (χ1) is 9.90. The fourth-order valence-electron chi connectivity index (χ4n) is 1.78. The minimum Gasteiger partial charge on any atom is -0.463 e. The number of alkyl halides is 3. The summed E-state index contributed by atoms with van der Waals surface area (Å²) in [5, 5.41) is 2.93. The highest BCUT2D eigenvalue weighted by Gasteiger charge is 2.33. The third-order valence-corrected chi connectivity index (χ3v) is 4.01. The number of hydrogen-bond acceptors (Lipinski definition) is 3. The highest BCUT2D eigenvalue weighted by Crippen LogP contribution is 2.36. The first kappa shape index (κ1) is 16.3. The van der Waals surface area contributed by atoms with Gasteiger partial charge >= 0.3 is 6.18 Å². The number of thioether (sulfide) groups is 1. The maximum atomic E-state index is 12.8. The normalized spacial score (nSPS) is 11.7. The Hall–Kier alpha value is -1.08. The maximum absolute atomic E-state index is 12.8. The Labute approximate surface area is 133 Å². The van der Waals surface area contributed by atoms with E-state index in [0.29, 0.717) is 18.0 Å². The molecule has 0 fully saturated rings. The first-order valence-corrected chi connectivity index (χ1v) is 8.26. The van der Waals surface area contributed by atoms with Crippen LogP contribution in [0.5, 0.6) is 0 Å². The number of nitrogens with one attached hydrogen (secondary N) is 1. The zero-order valence-corrected chi connectivity index (χ0v) is 13.5. The number of halogens is 4. The van der Waals surface area contributed by atoms with Gasteiger partial charge in [-0.1, -0.05) is 15.9 Å².